The lowest BCUT2D eigenvalue weighted by Gasteiger charge is -2.39. The van der Waals surface area contributed by atoms with Gasteiger partial charge < -0.3 is 4.90 Å². The van der Waals surface area contributed by atoms with Gasteiger partial charge in [0.25, 0.3) is 5.91 Å². The minimum absolute atomic E-state index is 0.101. The van der Waals surface area contributed by atoms with Crippen LogP contribution in [0.3, 0.4) is 0 Å². The average Bonchev–Trinajstić information content (AvgIpc) is 2.91. The number of alkyl halides is 3. The van der Waals surface area contributed by atoms with Crippen molar-refractivity contribution in [3.8, 4) is 5.69 Å². The van der Waals surface area contributed by atoms with Gasteiger partial charge in [0.05, 0.1) is 22.8 Å². The van der Waals surface area contributed by atoms with E-state index < -0.39 is 35.2 Å². The Morgan fingerprint density at radius 1 is 1.13 bits per heavy atom. The van der Waals surface area contributed by atoms with Gasteiger partial charge in [-0.2, -0.15) is 13.2 Å². The number of nitrogens with zero attached hydrogens (tertiary/aromatic N) is 4. The predicted molar refractivity (Wildman–Crippen MR) is 101 cm³/mol. The minimum atomic E-state index is -4.49. The van der Waals surface area contributed by atoms with Crippen molar-refractivity contribution in [3.63, 3.8) is 0 Å². The van der Waals surface area contributed by atoms with E-state index >= 15 is 0 Å². The molecule has 10 heteroatoms. The normalized spacial score (nSPS) is 14.8. The van der Waals surface area contributed by atoms with Crippen LogP contribution in [0.2, 0.25) is 0 Å². The molecule has 1 fully saturated rings. The zero-order valence-corrected chi connectivity index (χ0v) is 15.8. The molecule has 2 aromatic heterocycles. The SMILES string of the molecule is C=C(F)C(=O)N1CC(n2c(=O)n(-c3ccc(C(F)(F)F)cc3)c3ccc(C)nc32)C1. The molecular formula is C20H16F4N4O2. The second-order valence-electron chi connectivity index (χ2n) is 7.10. The van der Waals surface area contributed by atoms with Gasteiger partial charge in [0, 0.05) is 18.8 Å². The van der Waals surface area contributed by atoms with Crippen molar-refractivity contribution in [3.05, 3.63) is 70.5 Å². The smallest absolute Gasteiger partial charge is 0.332 e. The molecule has 1 amide bonds. The minimum Gasteiger partial charge on any atom is -0.332 e. The van der Waals surface area contributed by atoms with Crippen molar-refractivity contribution in [2.75, 3.05) is 13.1 Å². The number of aryl methyl sites for hydroxylation is 1. The Morgan fingerprint density at radius 2 is 1.77 bits per heavy atom. The van der Waals surface area contributed by atoms with E-state index in [-0.39, 0.29) is 18.8 Å². The van der Waals surface area contributed by atoms with Gasteiger partial charge in [0.2, 0.25) is 0 Å². The summed E-state index contributed by atoms with van der Waals surface area (Å²) < 4.78 is 54.4. The number of amides is 1. The average molecular weight is 420 g/mol. The standard InChI is InChI=1S/C20H16F4N4O2/c1-11-3-8-16-17(25-11)28(15-9-26(10-15)18(29)12(2)21)19(30)27(16)14-6-4-13(5-7-14)20(22,23)24/h3-8,15H,2,9-10H2,1H3. The monoisotopic (exact) mass is 420 g/mol. The Hall–Kier alpha value is -3.43. The van der Waals surface area contributed by atoms with Gasteiger partial charge in [0.1, 0.15) is 0 Å². The quantitative estimate of drug-likeness (QED) is 0.482. The first-order valence-electron chi connectivity index (χ1n) is 9.00. The molecule has 4 rings (SSSR count). The number of fused-ring (bicyclic) bond motifs is 1. The molecule has 0 aliphatic carbocycles. The molecule has 3 aromatic rings. The summed E-state index contributed by atoms with van der Waals surface area (Å²) in [6.07, 6.45) is -4.49. The maximum absolute atomic E-state index is 13.2. The number of pyridine rings is 1. The summed E-state index contributed by atoms with van der Waals surface area (Å²) in [6.45, 7) is 4.92. The van der Waals surface area contributed by atoms with Crippen LogP contribution in [0.25, 0.3) is 16.9 Å². The van der Waals surface area contributed by atoms with Gasteiger partial charge in [-0.1, -0.05) is 6.58 Å². The second kappa shape index (κ2) is 6.82. The molecule has 0 bridgehead atoms. The summed E-state index contributed by atoms with van der Waals surface area (Å²) in [7, 11) is 0. The lowest BCUT2D eigenvalue weighted by molar-refractivity contribution is -0.137. The summed E-state index contributed by atoms with van der Waals surface area (Å²) in [5.74, 6) is -1.92. The largest absolute Gasteiger partial charge is 0.416 e. The van der Waals surface area contributed by atoms with Crippen LogP contribution >= 0.6 is 0 Å². The molecule has 0 saturated carbocycles. The zero-order chi connectivity index (χ0) is 21.8. The molecule has 6 nitrogen and oxygen atoms in total. The molecule has 1 saturated heterocycles. The number of likely N-dealkylation sites (tertiary alicyclic amines) is 1. The van der Waals surface area contributed by atoms with Crippen molar-refractivity contribution in [1.82, 2.24) is 19.0 Å². The van der Waals surface area contributed by atoms with Crippen LogP contribution in [0.4, 0.5) is 17.6 Å². The molecule has 1 aromatic carbocycles. The maximum Gasteiger partial charge on any atom is 0.416 e. The summed E-state index contributed by atoms with van der Waals surface area (Å²) in [5, 5.41) is 0. The van der Waals surface area contributed by atoms with E-state index in [2.05, 4.69) is 11.6 Å². The van der Waals surface area contributed by atoms with Crippen LogP contribution in [-0.2, 0) is 11.0 Å². The van der Waals surface area contributed by atoms with E-state index in [0.717, 1.165) is 12.1 Å². The number of hydrogen-bond acceptors (Lipinski definition) is 3. The van der Waals surface area contributed by atoms with Crippen LogP contribution in [0.5, 0.6) is 0 Å². The molecule has 156 valence electrons. The van der Waals surface area contributed by atoms with Crippen LogP contribution in [0, 0.1) is 6.92 Å². The van der Waals surface area contributed by atoms with Crippen molar-refractivity contribution in [2.24, 2.45) is 0 Å². The van der Waals surface area contributed by atoms with Crippen molar-refractivity contribution < 1.29 is 22.4 Å². The van der Waals surface area contributed by atoms with Crippen molar-refractivity contribution in [2.45, 2.75) is 19.1 Å². The fraction of sp³-hybridized carbons (Fsp3) is 0.250. The maximum atomic E-state index is 13.2. The van der Waals surface area contributed by atoms with Gasteiger partial charge in [0.15, 0.2) is 11.5 Å². The number of carbonyl (C=O) groups excluding carboxylic acids is 1. The molecular weight excluding hydrogens is 404 g/mol. The number of halogens is 4. The Bertz CT molecular complexity index is 1220. The highest BCUT2D eigenvalue weighted by Gasteiger charge is 2.36. The number of aromatic nitrogens is 3. The number of carbonyl (C=O) groups is 1. The number of hydrogen-bond donors (Lipinski definition) is 0. The first-order valence-corrected chi connectivity index (χ1v) is 9.00. The van der Waals surface area contributed by atoms with E-state index in [1.54, 1.807) is 19.1 Å². The number of rotatable bonds is 3. The molecule has 0 radical (unpaired) electrons. The molecule has 1 aliphatic rings. The summed E-state index contributed by atoms with van der Waals surface area (Å²) >= 11 is 0. The van der Waals surface area contributed by atoms with E-state index in [1.165, 1.54) is 26.2 Å². The number of imidazole rings is 1. The van der Waals surface area contributed by atoms with Gasteiger partial charge in [-0.3, -0.25) is 13.9 Å². The molecule has 0 N–H and O–H groups in total. The third-order valence-electron chi connectivity index (χ3n) is 5.06. The zero-order valence-electron chi connectivity index (χ0n) is 15.8. The third-order valence-corrected chi connectivity index (χ3v) is 5.06. The first kappa shape index (κ1) is 19.9. The van der Waals surface area contributed by atoms with Crippen molar-refractivity contribution in [1.29, 1.82) is 0 Å². The second-order valence-corrected chi connectivity index (χ2v) is 7.10. The Kier molecular flexibility index (Phi) is 4.52. The first-order chi connectivity index (χ1) is 14.1. The molecule has 3 heterocycles. The van der Waals surface area contributed by atoms with Crippen LogP contribution in [0.15, 0.2) is 53.6 Å². The molecule has 0 spiro atoms. The van der Waals surface area contributed by atoms with Crippen molar-refractivity contribution >= 4 is 17.1 Å². The lowest BCUT2D eigenvalue weighted by Crippen LogP contribution is -2.52. The topological polar surface area (TPSA) is 60.1 Å². The fourth-order valence-electron chi connectivity index (χ4n) is 3.52. The van der Waals surface area contributed by atoms with Gasteiger partial charge in [-0.05, 0) is 43.3 Å². The fourth-order valence-corrected chi connectivity index (χ4v) is 3.52. The van der Waals surface area contributed by atoms with Crippen LogP contribution in [0.1, 0.15) is 17.3 Å². The Labute approximate surface area is 167 Å². The predicted octanol–water partition coefficient (Wildman–Crippen LogP) is 3.38. The summed E-state index contributed by atoms with van der Waals surface area (Å²) in [6, 6.07) is 7.17. The Balaban J connectivity index is 1.79. The Morgan fingerprint density at radius 3 is 2.33 bits per heavy atom. The highest BCUT2D eigenvalue weighted by atomic mass is 19.4. The van der Waals surface area contributed by atoms with Crippen LogP contribution in [-0.4, -0.2) is 38.0 Å². The van der Waals surface area contributed by atoms with E-state index in [0.29, 0.717) is 16.9 Å². The third kappa shape index (κ3) is 3.17. The lowest BCUT2D eigenvalue weighted by atomic mass is 10.1. The van der Waals surface area contributed by atoms with E-state index in [9.17, 15) is 27.2 Å². The summed E-state index contributed by atoms with van der Waals surface area (Å²) in [4.78, 5) is 30.5. The van der Waals surface area contributed by atoms with Gasteiger partial charge >= 0.3 is 11.9 Å². The molecule has 1 aliphatic heterocycles. The highest BCUT2D eigenvalue weighted by Crippen LogP contribution is 2.31. The van der Waals surface area contributed by atoms with Gasteiger partial charge in [-0.15, -0.1) is 0 Å². The molecule has 0 unspecified atom stereocenters. The highest BCUT2D eigenvalue weighted by molar-refractivity contribution is 5.91. The number of benzene rings is 1. The summed E-state index contributed by atoms with van der Waals surface area (Å²) in [5.41, 5.74) is 0.341. The molecule has 0 atom stereocenters. The van der Waals surface area contributed by atoms with E-state index in [1.807, 2.05) is 0 Å². The van der Waals surface area contributed by atoms with E-state index in [4.69, 9.17) is 0 Å². The van der Waals surface area contributed by atoms with Gasteiger partial charge in [-0.25, -0.2) is 14.2 Å². The molecule has 30 heavy (non-hydrogen) atoms. The van der Waals surface area contributed by atoms with Crippen LogP contribution < -0.4 is 5.69 Å².